The Balaban J connectivity index is 1.96. The van der Waals surface area contributed by atoms with E-state index in [2.05, 4.69) is 15.3 Å². The van der Waals surface area contributed by atoms with E-state index < -0.39 is 0 Å². The number of nitrogens with one attached hydrogen (secondary N) is 1. The van der Waals surface area contributed by atoms with Gasteiger partial charge in [0, 0.05) is 0 Å². The van der Waals surface area contributed by atoms with Crippen LogP contribution in [0, 0.1) is 0 Å². The lowest BCUT2D eigenvalue weighted by atomic mass is 10.1. The number of aromatic nitrogens is 2. The molecule has 0 spiro atoms. The summed E-state index contributed by atoms with van der Waals surface area (Å²) >= 11 is 6.02. The monoisotopic (exact) mass is 313 g/mol. The Hall–Kier alpha value is -2.73. The Morgan fingerprint density at radius 2 is 2.05 bits per heavy atom. The number of halogens is 1. The van der Waals surface area contributed by atoms with Gasteiger partial charge < -0.3 is 10.8 Å². The number of benzene rings is 2. The summed E-state index contributed by atoms with van der Waals surface area (Å²) in [6.07, 6.45) is -0.387. The summed E-state index contributed by atoms with van der Waals surface area (Å²) in [6.45, 7) is 0. The number of hydrogen-bond acceptors (Lipinski definition) is 5. The topological polar surface area (TPSA) is 88.5 Å². The van der Waals surface area contributed by atoms with Crippen LogP contribution in [0.1, 0.15) is 11.7 Å². The lowest BCUT2D eigenvalue weighted by Crippen LogP contribution is -2.31. The van der Waals surface area contributed by atoms with E-state index in [0.717, 1.165) is 16.6 Å². The van der Waals surface area contributed by atoms with Crippen molar-refractivity contribution in [2.45, 2.75) is 6.17 Å². The Morgan fingerprint density at radius 1 is 1.23 bits per heavy atom. The molecular weight excluding hydrogens is 302 g/mol. The second-order valence-electron chi connectivity index (χ2n) is 5.02. The number of phenolic OH excluding ortho intramolecular Hbond substituents is 1. The summed E-state index contributed by atoms with van der Waals surface area (Å²) in [7, 11) is 0. The summed E-state index contributed by atoms with van der Waals surface area (Å²) in [5.41, 5.74) is 8.48. The molecule has 6 nitrogen and oxygen atoms in total. The smallest absolute Gasteiger partial charge is 0.212 e. The van der Waals surface area contributed by atoms with E-state index >= 15 is 0 Å². The van der Waals surface area contributed by atoms with E-state index in [9.17, 15) is 5.11 Å². The van der Waals surface area contributed by atoms with Crippen LogP contribution in [0.3, 0.4) is 0 Å². The lowest BCUT2D eigenvalue weighted by molar-refractivity contribution is 0.475. The summed E-state index contributed by atoms with van der Waals surface area (Å²) in [5, 5.41) is 12.8. The second kappa shape index (κ2) is 4.64. The molecule has 1 atom stereocenters. The molecule has 1 aromatic heterocycles. The molecule has 4 rings (SSSR count). The number of hydrogen-bond donors (Lipinski definition) is 3. The van der Waals surface area contributed by atoms with Crippen molar-refractivity contribution in [1.82, 2.24) is 9.55 Å². The number of anilines is 1. The molecule has 0 fully saturated rings. The van der Waals surface area contributed by atoms with E-state index in [1.807, 2.05) is 28.8 Å². The van der Waals surface area contributed by atoms with E-state index in [0.29, 0.717) is 5.95 Å². The third-order valence-corrected chi connectivity index (χ3v) is 3.91. The summed E-state index contributed by atoms with van der Waals surface area (Å²) in [4.78, 5) is 8.98. The maximum Gasteiger partial charge on any atom is 0.212 e. The van der Waals surface area contributed by atoms with Gasteiger partial charge >= 0.3 is 0 Å². The first kappa shape index (κ1) is 13.0. The molecule has 2 heterocycles. The predicted molar refractivity (Wildman–Crippen MR) is 86.2 cm³/mol. The van der Waals surface area contributed by atoms with Gasteiger partial charge in [0.2, 0.25) is 5.95 Å². The van der Waals surface area contributed by atoms with Gasteiger partial charge in [0.05, 0.1) is 16.1 Å². The maximum atomic E-state index is 9.60. The standard InChI is InChI=1S/C15H12ClN5O/c16-9-7-8(5-6-12(9)22)13-19-14(17)20-15-18-10-3-1-2-4-11(10)21(13)15/h1-7,13,22H,(H3,17,18,19,20)/t13-/m0/s1. The third kappa shape index (κ3) is 1.88. The van der Waals surface area contributed by atoms with Crippen LogP contribution in [-0.2, 0) is 0 Å². The van der Waals surface area contributed by atoms with Crippen molar-refractivity contribution < 1.29 is 5.11 Å². The van der Waals surface area contributed by atoms with Gasteiger partial charge in [-0.05, 0) is 29.8 Å². The number of rotatable bonds is 1. The number of nitrogens with two attached hydrogens (primary N) is 1. The van der Waals surface area contributed by atoms with Gasteiger partial charge in [-0.15, -0.1) is 0 Å². The van der Waals surface area contributed by atoms with Crippen LogP contribution in [-0.4, -0.2) is 20.6 Å². The first-order chi connectivity index (χ1) is 10.6. The molecule has 0 unspecified atom stereocenters. The molecule has 0 saturated carbocycles. The average molecular weight is 314 g/mol. The number of fused-ring (bicyclic) bond motifs is 3. The maximum absolute atomic E-state index is 9.60. The Morgan fingerprint density at radius 3 is 2.86 bits per heavy atom. The van der Waals surface area contributed by atoms with Gasteiger partial charge in [0.1, 0.15) is 5.75 Å². The molecule has 1 aliphatic heterocycles. The van der Waals surface area contributed by atoms with Crippen LogP contribution in [0.2, 0.25) is 5.02 Å². The lowest BCUT2D eigenvalue weighted by Gasteiger charge is -2.24. The molecule has 3 aromatic rings. The van der Waals surface area contributed by atoms with Crippen molar-refractivity contribution in [2.75, 3.05) is 5.32 Å². The SMILES string of the molecule is NC1=N[C@H](c2ccc(O)c(Cl)c2)n2c(nc3ccccc32)N1. The van der Waals surface area contributed by atoms with Crippen molar-refractivity contribution in [2.24, 2.45) is 10.7 Å². The fourth-order valence-electron chi connectivity index (χ4n) is 2.62. The fourth-order valence-corrected chi connectivity index (χ4v) is 2.81. The fraction of sp³-hybridized carbons (Fsp3) is 0.0667. The highest BCUT2D eigenvalue weighted by atomic mass is 35.5. The summed E-state index contributed by atoms with van der Waals surface area (Å²) < 4.78 is 1.95. The number of phenols is 1. The van der Waals surface area contributed by atoms with Gasteiger partial charge in [-0.2, -0.15) is 0 Å². The van der Waals surface area contributed by atoms with E-state index in [-0.39, 0.29) is 22.9 Å². The molecule has 0 bridgehead atoms. The molecule has 0 radical (unpaired) electrons. The zero-order valence-electron chi connectivity index (χ0n) is 11.4. The highest BCUT2D eigenvalue weighted by molar-refractivity contribution is 6.32. The Kier molecular flexibility index (Phi) is 2.74. The van der Waals surface area contributed by atoms with Gasteiger partial charge in [0.15, 0.2) is 12.1 Å². The zero-order valence-corrected chi connectivity index (χ0v) is 12.1. The Bertz CT molecular complexity index is 917. The predicted octanol–water partition coefficient (Wildman–Crippen LogP) is 2.68. The Labute approximate surface area is 130 Å². The minimum Gasteiger partial charge on any atom is -0.506 e. The molecule has 2 aromatic carbocycles. The molecule has 4 N–H and O–H groups in total. The number of nitrogens with zero attached hydrogens (tertiary/aromatic N) is 3. The van der Waals surface area contributed by atoms with Crippen LogP contribution >= 0.6 is 11.6 Å². The van der Waals surface area contributed by atoms with Crippen molar-refractivity contribution >= 4 is 34.5 Å². The third-order valence-electron chi connectivity index (χ3n) is 3.61. The molecular formula is C15H12ClN5O. The normalized spacial score (nSPS) is 17.0. The van der Waals surface area contributed by atoms with Crippen LogP contribution in [0.25, 0.3) is 11.0 Å². The van der Waals surface area contributed by atoms with Crippen molar-refractivity contribution in [1.29, 1.82) is 0 Å². The van der Waals surface area contributed by atoms with Gasteiger partial charge in [-0.25, -0.2) is 9.98 Å². The summed E-state index contributed by atoms with van der Waals surface area (Å²) in [6, 6.07) is 12.8. The second-order valence-corrected chi connectivity index (χ2v) is 5.43. The molecule has 0 aliphatic carbocycles. The molecule has 110 valence electrons. The first-order valence-corrected chi connectivity index (χ1v) is 7.07. The molecule has 1 aliphatic rings. The van der Waals surface area contributed by atoms with E-state index in [1.165, 1.54) is 0 Å². The molecule has 0 amide bonds. The van der Waals surface area contributed by atoms with Crippen molar-refractivity contribution in [3.63, 3.8) is 0 Å². The number of aromatic hydroxyl groups is 1. The molecule has 22 heavy (non-hydrogen) atoms. The minimum absolute atomic E-state index is 0.0343. The van der Waals surface area contributed by atoms with E-state index in [1.54, 1.807) is 18.2 Å². The highest BCUT2D eigenvalue weighted by Gasteiger charge is 2.25. The van der Waals surface area contributed by atoms with Crippen molar-refractivity contribution in [3.05, 3.63) is 53.1 Å². The van der Waals surface area contributed by atoms with Gasteiger partial charge in [0.25, 0.3) is 0 Å². The number of imidazole rings is 1. The highest BCUT2D eigenvalue weighted by Crippen LogP contribution is 2.34. The van der Waals surface area contributed by atoms with Gasteiger partial charge in [-0.1, -0.05) is 29.8 Å². The quantitative estimate of drug-likeness (QED) is 0.644. The summed E-state index contributed by atoms with van der Waals surface area (Å²) in [5.74, 6) is 0.951. The van der Waals surface area contributed by atoms with Crippen LogP contribution in [0.15, 0.2) is 47.5 Å². The minimum atomic E-state index is -0.387. The van der Waals surface area contributed by atoms with Crippen molar-refractivity contribution in [3.8, 4) is 5.75 Å². The number of aliphatic imine (C=N–C) groups is 1. The van der Waals surface area contributed by atoms with Gasteiger partial charge in [-0.3, -0.25) is 9.88 Å². The molecule has 7 heteroatoms. The zero-order chi connectivity index (χ0) is 15.3. The molecule has 0 saturated heterocycles. The van der Waals surface area contributed by atoms with Crippen LogP contribution in [0.4, 0.5) is 5.95 Å². The first-order valence-electron chi connectivity index (χ1n) is 6.69. The number of para-hydroxylation sites is 2. The van der Waals surface area contributed by atoms with E-state index in [4.69, 9.17) is 17.3 Å². The average Bonchev–Trinajstić information content (AvgIpc) is 2.87. The van der Waals surface area contributed by atoms with Crippen LogP contribution in [0.5, 0.6) is 5.75 Å². The number of guanidine groups is 1. The van der Waals surface area contributed by atoms with Crippen LogP contribution < -0.4 is 11.1 Å². The largest absolute Gasteiger partial charge is 0.506 e.